The lowest BCUT2D eigenvalue weighted by Gasteiger charge is -2.34. The van der Waals surface area contributed by atoms with Crippen LogP contribution in [0.5, 0.6) is 0 Å². The lowest BCUT2D eigenvalue weighted by Crippen LogP contribution is -2.50. The van der Waals surface area contributed by atoms with E-state index in [1.165, 1.54) is 24.0 Å². The molecule has 2 atom stereocenters. The fourth-order valence-corrected chi connectivity index (χ4v) is 3.71. The Morgan fingerprint density at radius 1 is 1.07 bits per heavy atom. The number of benzene rings is 1. The second-order valence-corrected chi connectivity index (χ2v) is 7.16. The Labute approximate surface area is 173 Å². The molecule has 30 heavy (non-hydrogen) atoms. The summed E-state index contributed by atoms with van der Waals surface area (Å²) in [4.78, 5) is 64.3. The Morgan fingerprint density at radius 3 is 2.30 bits per heavy atom. The van der Waals surface area contributed by atoms with E-state index in [9.17, 15) is 24.0 Å². The van der Waals surface area contributed by atoms with Crippen LogP contribution in [0.15, 0.2) is 24.3 Å². The Hall–Kier alpha value is -3.23. The van der Waals surface area contributed by atoms with Gasteiger partial charge in [0.25, 0.3) is 17.7 Å². The van der Waals surface area contributed by atoms with Crippen molar-refractivity contribution in [2.45, 2.75) is 45.2 Å². The normalized spacial score (nSPS) is 19.3. The molecule has 2 aliphatic heterocycles. The van der Waals surface area contributed by atoms with Crippen molar-refractivity contribution in [2.75, 3.05) is 19.8 Å². The molecule has 1 fully saturated rings. The first kappa shape index (κ1) is 21.5. The molecule has 0 aromatic heterocycles. The number of carbonyl (C=O) groups excluding carboxylic acids is 5. The maximum atomic E-state index is 12.6. The SMILES string of the molecule is CCOC(=O)[C@@H]1CCCCN1C(=O)COC(=O)[C@@H](C)N1C(=O)c2ccccc2C1=O. The number of fused-ring (bicyclic) bond motifs is 1. The number of carbonyl (C=O) groups is 5. The van der Waals surface area contributed by atoms with Gasteiger partial charge in [0.1, 0.15) is 12.1 Å². The molecule has 0 unspecified atom stereocenters. The summed E-state index contributed by atoms with van der Waals surface area (Å²) in [7, 11) is 0. The van der Waals surface area contributed by atoms with E-state index in [0.717, 1.165) is 17.7 Å². The molecule has 0 saturated carbocycles. The number of ether oxygens (including phenoxy) is 2. The molecule has 0 spiro atoms. The monoisotopic (exact) mass is 416 g/mol. The average Bonchev–Trinajstić information content (AvgIpc) is 3.01. The van der Waals surface area contributed by atoms with Gasteiger partial charge in [-0.3, -0.25) is 19.3 Å². The molecule has 0 N–H and O–H groups in total. The summed E-state index contributed by atoms with van der Waals surface area (Å²) < 4.78 is 10.1. The number of imide groups is 1. The molecule has 2 aliphatic rings. The van der Waals surface area contributed by atoms with Gasteiger partial charge in [-0.1, -0.05) is 12.1 Å². The van der Waals surface area contributed by atoms with E-state index in [2.05, 4.69) is 0 Å². The smallest absolute Gasteiger partial charge is 0.329 e. The van der Waals surface area contributed by atoms with Crippen LogP contribution in [0, 0.1) is 0 Å². The van der Waals surface area contributed by atoms with E-state index < -0.39 is 48.4 Å². The van der Waals surface area contributed by atoms with Crippen molar-refractivity contribution < 1.29 is 33.4 Å². The molecule has 3 rings (SSSR count). The Bertz CT molecular complexity index is 847. The van der Waals surface area contributed by atoms with Gasteiger partial charge in [0.2, 0.25) is 0 Å². The van der Waals surface area contributed by atoms with E-state index in [1.807, 2.05) is 0 Å². The molecular formula is C21H24N2O7. The third kappa shape index (κ3) is 4.05. The van der Waals surface area contributed by atoms with Crippen LogP contribution in [0.2, 0.25) is 0 Å². The number of hydrogen-bond acceptors (Lipinski definition) is 7. The third-order valence-electron chi connectivity index (χ3n) is 5.27. The summed E-state index contributed by atoms with van der Waals surface area (Å²) in [6.45, 7) is 3.06. The van der Waals surface area contributed by atoms with Gasteiger partial charge in [0.15, 0.2) is 6.61 Å². The zero-order valence-electron chi connectivity index (χ0n) is 17.0. The van der Waals surface area contributed by atoms with Gasteiger partial charge in [-0.15, -0.1) is 0 Å². The zero-order chi connectivity index (χ0) is 21.8. The van der Waals surface area contributed by atoms with Crippen LogP contribution in [0.1, 0.15) is 53.8 Å². The predicted molar refractivity (Wildman–Crippen MR) is 103 cm³/mol. The summed E-state index contributed by atoms with van der Waals surface area (Å²) in [6.07, 6.45) is 2.02. The van der Waals surface area contributed by atoms with Gasteiger partial charge in [-0.2, -0.15) is 0 Å². The van der Waals surface area contributed by atoms with Crippen molar-refractivity contribution >= 4 is 29.7 Å². The molecule has 0 bridgehead atoms. The molecule has 160 valence electrons. The van der Waals surface area contributed by atoms with Crippen molar-refractivity contribution in [3.05, 3.63) is 35.4 Å². The highest BCUT2D eigenvalue weighted by Gasteiger charge is 2.41. The number of piperidine rings is 1. The molecule has 1 aromatic carbocycles. The Morgan fingerprint density at radius 2 is 1.70 bits per heavy atom. The first-order chi connectivity index (χ1) is 14.4. The van der Waals surface area contributed by atoms with Crippen LogP contribution < -0.4 is 0 Å². The Balaban J connectivity index is 1.61. The van der Waals surface area contributed by atoms with Crippen LogP contribution in [0.25, 0.3) is 0 Å². The van der Waals surface area contributed by atoms with E-state index in [0.29, 0.717) is 13.0 Å². The maximum absolute atomic E-state index is 12.6. The van der Waals surface area contributed by atoms with E-state index in [1.54, 1.807) is 19.1 Å². The van der Waals surface area contributed by atoms with Gasteiger partial charge in [-0.25, -0.2) is 9.59 Å². The minimum atomic E-state index is -1.19. The highest BCUT2D eigenvalue weighted by Crippen LogP contribution is 2.25. The number of rotatable bonds is 6. The van der Waals surface area contributed by atoms with Crippen LogP contribution >= 0.6 is 0 Å². The minimum absolute atomic E-state index is 0.212. The fraction of sp³-hybridized carbons (Fsp3) is 0.476. The van der Waals surface area contributed by atoms with Crippen molar-refractivity contribution in [1.29, 1.82) is 0 Å². The van der Waals surface area contributed by atoms with E-state index in [-0.39, 0.29) is 17.7 Å². The van der Waals surface area contributed by atoms with Gasteiger partial charge in [0.05, 0.1) is 17.7 Å². The largest absolute Gasteiger partial charge is 0.464 e. The summed E-state index contributed by atoms with van der Waals surface area (Å²) in [5, 5.41) is 0. The molecular weight excluding hydrogens is 392 g/mol. The highest BCUT2D eigenvalue weighted by atomic mass is 16.5. The van der Waals surface area contributed by atoms with Crippen LogP contribution in [-0.2, 0) is 23.9 Å². The predicted octanol–water partition coefficient (Wildman–Crippen LogP) is 1.16. The lowest BCUT2D eigenvalue weighted by atomic mass is 10.0. The van der Waals surface area contributed by atoms with E-state index >= 15 is 0 Å². The van der Waals surface area contributed by atoms with Gasteiger partial charge < -0.3 is 14.4 Å². The molecule has 3 amide bonds. The maximum Gasteiger partial charge on any atom is 0.329 e. The topological polar surface area (TPSA) is 110 Å². The van der Waals surface area contributed by atoms with Crippen LogP contribution in [-0.4, -0.2) is 71.3 Å². The van der Waals surface area contributed by atoms with Gasteiger partial charge >= 0.3 is 11.9 Å². The average molecular weight is 416 g/mol. The standard InChI is InChI=1S/C21H24N2O7/c1-3-29-21(28)16-10-6-7-11-22(16)17(24)12-30-20(27)13(2)23-18(25)14-8-4-5-9-15(14)19(23)26/h4-5,8-9,13,16H,3,6-7,10-12H2,1-2H3/t13-,16+/m1/s1. The molecule has 9 nitrogen and oxygen atoms in total. The first-order valence-corrected chi connectivity index (χ1v) is 9.96. The number of likely N-dealkylation sites (tertiary alicyclic amines) is 1. The highest BCUT2D eigenvalue weighted by molar-refractivity contribution is 6.22. The van der Waals surface area contributed by atoms with Crippen molar-refractivity contribution in [3.8, 4) is 0 Å². The van der Waals surface area contributed by atoms with Crippen molar-refractivity contribution in [2.24, 2.45) is 0 Å². The first-order valence-electron chi connectivity index (χ1n) is 9.96. The fourth-order valence-electron chi connectivity index (χ4n) is 3.71. The number of amides is 3. The van der Waals surface area contributed by atoms with Gasteiger partial charge in [-0.05, 0) is 45.2 Å². The summed E-state index contributed by atoms with van der Waals surface area (Å²) in [5.74, 6) is -3.02. The number of nitrogens with zero attached hydrogens (tertiary/aromatic N) is 2. The molecule has 2 heterocycles. The van der Waals surface area contributed by atoms with Crippen LogP contribution in [0.4, 0.5) is 0 Å². The lowest BCUT2D eigenvalue weighted by molar-refractivity contribution is -0.162. The third-order valence-corrected chi connectivity index (χ3v) is 5.27. The van der Waals surface area contributed by atoms with Crippen molar-refractivity contribution in [3.63, 3.8) is 0 Å². The number of hydrogen-bond donors (Lipinski definition) is 0. The summed E-state index contributed by atoms with van der Waals surface area (Å²) in [5.41, 5.74) is 0.452. The number of esters is 2. The second-order valence-electron chi connectivity index (χ2n) is 7.16. The van der Waals surface area contributed by atoms with Crippen LogP contribution in [0.3, 0.4) is 0 Å². The summed E-state index contributed by atoms with van der Waals surface area (Å²) >= 11 is 0. The quantitative estimate of drug-likeness (QED) is 0.505. The second kappa shape index (κ2) is 9.06. The van der Waals surface area contributed by atoms with Gasteiger partial charge in [0, 0.05) is 6.54 Å². The Kier molecular flexibility index (Phi) is 6.49. The zero-order valence-corrected chi connectivity index (χ0v) is 17.0. The minimum Gasteiger partial charge on any atom is -0.464 e. The molecule has 1 aromatic rings. The van der Waals surface area contributed by atoms with E-state index in [4.69, 9.17) is 9.47 Å². The molecule has 1 saturated heterocycles. The molecule has 9 heteroatoms. The summed E-state index contributed by atoms with van der Waals surface area (Å²) in [6, 6.07) is 4.42. The van der Waals surface area contributed by atoms with Crippen molar-refractivity contribution in [1.82, 2.24) is 9.80 Å². The molecule has 0 aliphatic carbocycles. The molecule has 0 radical (unpaired) electrons.